The Morgan fingerprint density at radius 1 is 1.23 bits per heavy atom. The molecule has 0 saturated heterocycles. The summed E-state index contributed by atoms with van der Waals surface area (Å²) in [4.78, 5) is 34.2. The molecule has 13 heteroatoms. The number of hydrogen-bond donors (Lipinski definition) is 3. The van der Waals surface area contributed by atoms with Crippen molar-refractivity contribution in [2.75, 3.05) is 25.3 Å². The Balaban J connectivity index is 2.25. The zero-order valence-electron chi connectivity index (χ0n) is 13.6. The van der Waals surface area contributed by atoms with Crippen molar-refractivity contribution in [3.05, 3.63) is 23.9 Å². The average molecular weight is 382 g/mol. The molecule has 0 radical (unpaired) electrons. The first kappa shape index (κ1) is 18.9. The molecule has 0 spiro atoms. The second kappa shape index (κ2) is 7.60. The number of anilines is 2. The predicted molar refractivity (Wildman–Crippen MR) is 88.5 cm³/mol. The highest BCUT2D eigenvalue weighted by Gasteiger charge is 2.24. The van der Waals surface area contributed by atoms with Crippen molar-refractivity contribution in [1.82, 2.24) is 19.7 Å². The fourth-order valence-corrected chi connectivity index (χ4v) is 2.81. The van der Waals surface area contributed by atoms with Crippen LogP contribution in [0.4, 0.5) is 16.4 Å². The Bertz CT molecular complexity index is 926. The predicted octanol–water partition coefficient (Wildman–Crippen LogP) is -0.206. The van der Waals surface area contributed by atoms with Crippen LogP contribution < -0.4 is 25.2 Å². The van der Waals surface area contributed by atoms with Crippen LogP contribution in [-0.2, 0) is 10.0 Å². The van der Waals surface area contributed by atoms with E-state index in [0.717, 1.165) is 6.20 Å². The van der Waals surface area contributed by atoms with Gasteiger partial charge in [0.25, 0.3) is 10.0 Å². The van der Waals surface area contributed by atoms with Crippen molar-refractivity contribution in [3.63, 3.8) is 0 Å². The molecule has 12 nitrogen and oxygen atoms in total. The van der Waals surface area contributed by atoms with Crippen LogP contribution in [0, 0.1) is 0 Å². The van der Waals surface area contributed by atoms with E-state index in [1.54, 1.807) is 4.72 Å². The van der Waals surface area contributed by atoms with Crippen LogP contribution in [0.15, 0.2) is 23.4 Å². The summed E-state index contributed by atoms with van der Waals surface area (Å²) in [5.41, 5.74) is 5.07. The number of aromatic nitrogens is 3. The maximum Gasteiger partial charge on any atom is 0.335 e. The highest BCUT2D eigenvalue weighted by atomic mass is 32.2. The van der Waals surface area contributed by atoms with Crippen molar-refractivity contribution in [1.29, 1.82) is 0 Å². The number of ether oxygens (including phenoxy) is 2. The third-order valence-corrected chi connectivity index (χ3v) is 4.20. The lowest BCUT2D eigenvalue weighted by molar-refractivity contribution is 0.112. The first-order chi connectivity index (χ1) is 12.3. The molecule has 0 unspecified atom stereocenters. The molecule has 0 aliphatic rings. The van der Waals surface area contributed by atoms with E-state index in [1.165, 1.54) is 26.4 Å². The van der Waals surface area contributed by atoms with Gasteiger partial charge in [-0.1, -0.05) is 0 Å². The number of nitrogens with two attached hydrogens (primary N) is 1. The van der Waals surface area contributed by atoms with Crippen molar-refractivity contribution >= 4 is 34.0 Å². The molecule has 0 fully saturated rings. The van der Waals surface area contributed by atoms with Crippen LogP contribution in [0.3, 0.4) is 0 Å². The fourth-order valence-electron chi connectivity index (χ4n) is 1.77. The van der Waals surface area contributed by atoms with Crippen molar-refractivity contribution in [2.45, 2.75) is 5.03 Å². The molecule has 0 aliphatic carbocycles. The molecule has 2 aromatic rings. The summed E-state index contributed by atoms with van der Waals surface area (Å²) in [7, 11) is -1.81. The third kappa shape index (κ3) is 4.13. The van der Waals surface area contributed by atoms with Crippen molar-refractivity contribution < 1.29 is 27.5 Å². The van der Waals surface area contributed by atoms with E-state index in [0.29, 0.717) is 0 Å². The van der Waals surface area contributed by atoms with Gasteiger partial charge in [0, 0.05) is 11.9 Å². The van der Waals surface area contributed by atoms with Crippen LogP contribution in [0.5, 0.6) is 11.8 Å². The first-order valence-electron chi connectivity index (χ1n) is 6.81. The Labute approximate surface area is 147 Å². The van der Waals surface area contributed by atoms with Gasteiger partial charge in [-0.2, -0.15) is 18.4 Å². The standard InChI is InChI=1S/C13H14N6O6S/c1-24-9-5-10(25-2)17-12(16-9)18-13(21)19-26(22,23)11-7(6-20)8(14)3-4-15-11/h3-6H,1-2H3,(H2,14,15)(H2,16,17,18,19,21). The summed E-state index contributed by atoms with van der Waals surface area (Å²) >= 11 is 0. The van der Waals surface area contributed by atoms with Gasteiger partial charge in [-0.15, -0.1) is 0 Å². The molecule has 0 aliphatic heterocycles. The van der Waals surface area contributed by atoms with E-state index in [1.807, 2.05) is 0 Å². The van der Waals surface area contributed by atoms with E-state index < -0.39 is 21.1 Å². The van der Waals surface area contributed by atoms with E-state index in [9.17, 15) is 18.0 Å². The molecule has 4 N–H and O–H groups in total. The molecule has 2 amide bonds. The number of rotatable bonds is 6. The fraction of sp³-hybridized carbons (Fsp3) is 0.154. The van der Waals surface area contributed by atoms with Gasteiger partial charge < -0.3 is 15.2 Å². The van der Waals surface area contributed by atoms with Crippen LogP contribution in [0.1, 0.15) is 10.4 Å². The van der Waals surface area contributed by atoms with Gasteiger partial charge in [0.2, 0.25) is 17.7 Å². The smallest absolute Gasteiger partial charge is 0.335 e. The lowest BCUT2D eigenvalue weighted by atomic mass is 10.3. The van der Waals surface area contributed by atoms with E-state index in [4.69, 9.17) is 15.2 Å². The quantitative estimate of drug-likeness (QED) is 0.567. The lowest BCUT2D eigenvalue weighted by Gasteiger charge is -2.10. The van der Waals surface area contributed by atoms with E-state index in [2.05, 4.69) is 20.3 Å². The van der Waals surface area contributed by atoms with Gasteiger partial charge in [0.1, 0.15) is 0 Å². The van der Waals surface area contributed by atoms with Gasteiger partial charge in [0.05, 0.1) is 25.8 Å². The topological polar surface area (TPSA) is 175 Å². The maximum absolute atomic E-state index is 12.3. The SMILES string of the molecule is COc1cc(OC)nc(NC(=O)NS(=O)(=O)c2nccc(N)c2C=O)n1. The summed E-state index contributed by atoms with van der Waals surface area (Å²) in [6.45, 7) is 0. The lowest BCUT2D eigenvalue weighted by Crippen LogP contribution is -2.36. The molecule has 2 aromatic heterocycles. The number of carbonyl (C=O) groups is 2. The van der Waals surface area contributed by atoms with Gasteiger partial charge in [-0.05, 0) is 6.07 Å². The number of sulfonamides is 1. The molecular weight excluding hydrogens is 368 g/mol. The molecule has 138 valence electrons. The van der Waals surface area contributed by atoms with E-state index >= 15 is 0 Å². The minimum Gasteiger partial charge on any atom is -0.481 e. The number of aldehydes is 1. The summed E-state index contributed by atoms with van der Waals surface area (Å²) in [6, 6.07) is 1.41. The highest BCUT2D eigenvalue weighted by molar-refractivity contribution is 7.90. The largest absolute Gasteiger partial charge is 0.481 e. The highest BCUT2D eigenvalue weighted by Crippen LogP contribution is 2.18. The molecule has 2 heterocycles. The third-order valence-electron chi connectivity index (χ3n) is 2.91. The first-order valence-corrected chi connectivity index (χ1v) is 8.29. The normalized spacial score (nSPS) is 10.7. The molecule has 0 aromatic carbocycles. The number of nitrogens with zero attached hydrogens (tertiary/aromatic N) is 3. The molecular formula is C13H14N6O6S. The van der Waals surface area contributed by atoms with Crippen LogP contribution in [-0.4, -0.2) is 49.9 Å². The van der Waals surface area contributed by atoms with Gasteiger partial charge >= 0.3 is 6.03 Å². The zero-order chi connectivity index (χ0) is 19.3. The van der Waals surface area contributed by atoms with Gasteiger partial charge in [0.15, 0.2) is 11.3 Å². The number of methoxy groups -OCH3 is 2. The average Bonchev–Trinajstić information content (AvgIpc) is 2.60. The molecule has 0 saturated carbocycles. The second-order valence-corrected chi connectivity index (χ2v) is 6.17. The van der Waals surface area contributed by atoms with Crippen LogP contribution in [0.2, 0.25) is 0 Å². The summed E-state index contributed by atoms with van der Waals surface area (Å²) in [5, 5.41) is 1.42. The number of nitrogens with one attached hydrogen (secondary N) is 2. The van der Waals surface area contributed by atoms with Crippen LogP contribution >= 0.6 is 0 Å². The Morgan fingerprint density at radius 2 is 1.85 bits per heavy atom. The summed E-state index contributed by atoms with van der Waals surface area (Å²) in [5.74, 6) is -0.114. The summed E-state index contributed by atoms with van der Waals surface area (Å²) < 4.78 is 36.0. The molecule has 2 rings (SSSR count). The number of urea groups is 1. The minimum atomic E-state index is -4.48. The van der Waals surface area contributed by atoms with E-state index in [-0.39, 0.29) is 35.2 Å². The Hall–Kier alpha value is -3.48. The van der Waals surface area contributed by atoms with Gasteiger partial charge in [-0.3, -0.25) is 10.1 Å². The zero-order valence-corrected chi connectivity index (χ0v) is 14.4. The second-order valence-electron chi connectivity index (χ2n) is 4.57. The van der Waals surface area contributed by atoms with Crippen LogP contribution in [0.25, 0.3) is 0 Å². The summed E-state index contributed by atoms with van der Waals surface area (Å²) in [6.07, 6.45) is 1.32. The van der Waals surface area contributed by atoms with Gasteiger partial charge in [-0.25, -0.2) is 14.5 Å². The van der Waals surface area contributed by atoms with Crippen molar-refractivity contribution in [3.8, 4) is 11.8 Å². The molecule has 0 bridgehead atoms. The number of nitrogen functional groups attached to an aromatic ring is 1. The van der Waals surface area contributed by atoms with Crippen molar-refractivity contribution in [2.24, 2.45) is 0 Å². The number of pyridine rings is 1. The number of hydrogen-bond acceptors (Lipinski definition) is 10. The monoisotopic (exact) mass is 382 g/mol. The minimum absolute atomic E-state index is 0.0794. The Morgan fingerprint density at radius 3 is 2.38 bits per heavy atom. The molecule has 26 heavy (non-hydrogen) atoms. The number of amides is 2. The molecule has 0 atom stereocenters. The maximum atomic E-state index is 12.3. The number of carbonyl (C=O) groups excluding carboxylic acids is 2. The Kier molecular flexibility index (Phi) is 5.51.